The number of halogens is 1. The maximum absolute atomic E-state index is 8.57. The third-order valence-electron chi connectivity index (χ3n) is 0.940. The Morgan fingerprint density at radius 2 is 1.83 bits per heavy atom. The Morgan fingerprint density at radius 3 is 2.08 bits per heavy atom. The largest absolute Gasteiger partial charge is 0.333 e. The maximum Gasteiger partial charge on any atom is 0.333 e. The van der Waals surface area contributed by atoms with Crippen molar-refractivity contribution in [2.45, 2.75) is 0 Å². The van der Waals surface area contributed by atoms with Gasteiger partial charge in [-0.1, -0.05) is 18.2 Å². The zero-order valence-electron chi connectivity index (χ0n) is 6.11. The SMILES string of the molecule is NNc1ccccc1.O=[N+]([O-])Cl. The molecule has 0 saturated carbocycles. The van der Waals surface area contributed by atoms with Crippen molar-refractivity contribution in [2.24, 2.45) is 5.84 Å². The Balaban J connectivity index is 0.000000261. The molecule has 0 heterocycles. The summed E-state index contributed by atoms with van der Waals surface area (Å²) in [5.41, 5.74) is 3.46. The Hall–Kier alpha value is -1.33. The fourth-order valence-corrected chi connectivity index (χ4v) is 0.534. The van der Waals surface area contributed by atoms with Crippen molar-refractivity contribution < 1.29 is 4.44 Å². The standard InChI is InChI=1S/C6H8N2.ClNO2/c7-8-6-4-2-1-3-5-6;1-2(3)4/h1-5,8H,7H2;. The van der Waals surface area contributed by atoms with E-state index in [0.717, 1.165) is 5.69 Å². The molecule has 0 aliphatic rings. The van der Waals surface area contributed by atoms with Crippen LogP contribution < -0.4 is 11.3 Å². The van der Waals surface area contributed by atoms with Gasteiger partial charge in [-0.05, 0) is 12.1 Å². The van der Waals surface area contributed by atoms with Gasteiger partial charge < -0.3 is 5.43 Å². The first-order valence-electron chi connectivity index (χ1n) is 2.98. The molecule has 0 aliphatic heterocycles. The lowest BCUT2D eigenvalue weighted by molar-refractivity contribution is -0.310. The summed E-state index contributed by atoms with van der Waals surface area (Å²) >= 11 is 4.00. The summed E-state index contributed by atoms with van der Waals surface area (Å²) < 4.78 is -1.03. The molecule has 1 aromatic rings. The minimum absolute atomic E-state index is 0.938. The molecule has 12 heavy (non-hydrogen) atoms. The summed E-state index contributed by atoms with van der Waals surface area (Å²) in [6.45, 7) is 0. The zero-order chi connectivity index (χ0) is 9.40. The van der Waals surface area contributed by atoms with E-state index >= 15 is 0 Å². The second kappa shape index (κ2) is 6.38. The van der Waals surface area contributed by atoms with Gasteiger partial charge in [0, 0.05) is 5.69 Å². The molecule has 1 rings (SSSR count). The molecule has 0 bridgehead atoms. The number of nitrogens with zero attached hydrogens (tertiary/aromatic N) is 1. The van der Waals surface area contributed by atoms with Crippen LogP contribution in [0.25, 0.3) is 0 Å². The molecule has 3 N–H and O–H groups in total. The smallest absolute Gasteiger partial charge is 0.324 e. The summed E-state index contributed by atoms with van der Waals surface area (Å²) in [6, 6.07) is 9.60. The van der Waals surface area contributed by atoms with Gasteiger partial charge >= 0.3 is 11.8 Å². The van der Waals surface area contributed by atoms with E-state index in [0.29, 0.717) is 0 Å². The zero-order valence-corrected chi connectivity index (χ0v) is 6.86. The second-order valence-corrected chi connectivity index (χ2v) is 2.00. The van der Waals surface area contributed by atoms with E-state index in [2.05, 4.69) is 17.2 Å². The molecule has 6 heteroatoms. The highest BCUT2D eigenvalue weighted by Crippen LogP contribution is 2.00. The molecule has 0 atom stereocenters. The van der Waals surface area contributed by atoms with Crippen LogP contribution in [0.3, 0.4) is 0 Å². The number of nitrogens with two attached hydrogens (primary N) is 1. The first-order chi connectivity index (χ1) is 5.66. The van der Waals surface area contributed by atoms with Gasteiger partial charge in [0.1, 0.15) is 0 Å². The lowest BCUT2D eigenvalue weighted by atomic mass is 10.3. The third kappa shape index (κ3) is 6.79. The molecule has 66 valence electrons. The van der Waals surface area contributed by atoms with Crippen LogP contribution in [0.15, 0.2) is 30.3 Å². The summed E-state index contributed by atoms with van der Waals surface area (Å²) in [7, 11) is 0. The maximum atomic E-state index is 8.57. The molecule has 0 radical (unpaired) electrons. The van der Waals surface area contributed by atoms with Crippen molar-refractivity contribution in [2.75, 3.05) is 5.43 Å². The van der Waals surface area contributed by atoms with Gasteiger partial charge in [0.15, 0.2) is 4.44 Å². The minimum atomic E-state index is -1.03. The number of nitro groups is 1. The van der Waals surface area contributed by atoms with Crippen LogP contribution in [0.2, 0.25) is 0 Å². The van der Waals surface area contributed by atoms with Crippen LogP contribution in [0.5, 0.6) is 0 Å². The first-order valence-corrected chi connectivity index (χ1v) is 3.32. The van der Waals surface area contributed by atoms with Gasteiger partial charge in [0.05, 0.1) is 0 Å². The molecule has 0 unspecified atom stereocenters. The van der Waals surface area contributed by atoms with Gasteiger partial charge in [-0.15, -0.1) is 0 Å². The number of para-hydroxylation sites is 1. The van der Waals surface area contributed by atoms with Crippen molar-refractivity contribution in [1.29, 1.82) is 0 Å². The molecule has 0 aliphatic carbocycles. The first kappa shape index (κ1) is 10.7. The Morgan fingerprint density at radius 1 is 1.42 bits per heavy atom. The van der Waals surface area contributed by atoms with Gasteiger partial charge in [0.25, 0.3) is 0 Å². The summed E-state index contributed by atoms with van der Waals surface area (Å²) in [5.74, 6) is 5.10. The second-order valence-electron chi connectivity index (χ2n) is 1.72. The quantitative estimate of drug-likeness (QED) is 0.303. The fraction of sp³-hybridized carbons (Fsp3) is 0. The molecule has 0 saturated heterocycles. The molecule has 0 spiro atoms. The van der Waals surface area contributed by atoms with Crippen LogP contribution in [-0.4, -0.2) is 4.44 Å². The van der Waals surface area contributed by atoms with E-state index in [1.807, 2.05) is 30.3 Å². The number of benzene rings is 1. The topological polar surface area (TPSA) is 81.2 Å². The molecule has 0 fully saturated rings. The van der Waals surface area contributed by atoms with Crippen LogP contribution >= 0.6 is 11.8 Å². The van der Waals surface area contributed by atoms with E-state index in [4.69, 9.17) is 16.0 Å². The monoisotopic (exact) mass is 189 g/mol. The van der Waals surface area contributed by atoms with E-state index < -0.39 is 4.44 Å². The van der Waals surface area contributed by atoms with Crippen molar-refractivity contribution in [1.82, 2.24) is 0 Å². The van der Waals surface area contributed by atoms with Gasteiger partial charge in [-0.2, -0.15) is 0 Å². The van der Waals surface area contributed by atoms with Crippen LogP contribution in [-0.2, 0) is 0 Å². The van der Waals surface area contributed by atoms with E-state index in [-0.39, 0.29) is 0 Å². The molecular weight excluding hydrogens is 182 g/mol. The molecule has 0 aromatic heterocycles. The lowest BCUT2D eigenvalue weighted by Crippen LogP contribution is -2.05. The molecule has 1 aromatic carbocycles. The lowest BCUT2D eigenvalue weighted by Gasteiger charge is -1.94. The van der Waals surface area contributed by atoms with Crippen LogP contribution in [0.1, 0.15) is 0 Å². The number of nitrogen functional groups attached to an aromatic ring is 1. The summed E-state index contributed by atoms with van der Waals surface area (Å²) in [4.78, 5) is 8.57. The summed E-state index contributed by atoms with van der Waals surface area (Å²) in [5, 5.41) is 8.57. The third-order valence-corrected chi connectivity index (χ3v) is 0.940. The predicted molar refractivity (Wildman–Crippen MR) is 47.1 cm³/mol. The van der Waals surface area contributed by atoms with Crippen LogP contribution in [0.4, 0.5) is 5.69 Å². The Labute approximate surface area is 74.4 Å². The number of anilines is 1. The predicted octanol–water partition coefficient (Wildman–Crippen LogP) is 1.39. The number of rotatable bonds is 1. The molecule has 5 nitrogen and oxygen atoms in total. The number of hydrogen-bond acceptors (Lipinski definition) is 4. The number of hydrazine groups is 1. The van der Waals surface area contributed by atoms with Crippen LogP contribution in [0, 0.1) is 10.1 Å². The van der Waals surface area contributed by atoms with Crippen molar-refractivity contribution in [3.63, 3.8) is 0 Å². The minimum Gasteiger partial charge on any atom is -0.324 e. The number of hydrogen-bond donors (Lipinski definition) is 2. The van der Waals surface area contributed by atoms with Gasteiger partial charge in [-0.3, -0.25) is 5.84 Å². The Kier molecular flexibility index (Phi) is 5.68. The van der Waals surface area contributed by atoms with Gasteiger partial charge in [0.2, 0.25) is 0 Å². The summed E-state index contributed by atoms with van der Waals surface area (Å²) in [6.07, 6.45) is 0. The fourth-order valence-electron chi connectivity index (χ4n) is 0.534. The van der Waals surface area contributed by atoms with E-state index in [1.54, 1.807) is 0 Å². The van der Waals surface area contributed by atoms with Crippen molar-refractivity contribution >= 4 is 17.5 Å². The van der Waals surface area contributed by atoms with E-state index in [9.17, 15) is 0 Å². The Bertz CT molecular complexity index is 225. The van der Waals surface area contributed by atoms with Crippen molar-refractivity contribution in [3.8, 4) is 0 Å². The number of nitrogens with one attached hydrogen (secondary N) is 1. The van der Waals surface area contributed by atoms with E-state index in [1.165, 1.54) is 0 Å². The molecule has 0 amide bonds. The van der Waals surface area contributed by atoms with Gasteiger partial charge in [-0.25, -0.2) is 10.1 Å². The average molecular weight is 190 g/mol. The average Bonchev–Trinajstić information content (AvgIpc) is 2.05. The normalized spacial score (nSPS) is 7.83. The highest BCUT2D eigenvalue weighted by atomic mass is 35.5. The molecular formula is C6H8ClN3O2. The highest BCUT2D eigenvalue weighted by Gasteiger charge is 1.78. The highest BCUT2D eigenvalue weighted by molar-refractivity contribution is 6.04. The van der Waals surface area contributed by atoms with Crippen molar-refractivity contribution in [3.05, 3.63) is 40.4 Å².